The Morgan fingerprint density at radius 2 is 1.81 bits per heavy atom. The Morgan fingerprint density at radius 3 is 2.41 bits per heavy atom. The van der Waals surface area contributed by atoms with Crippen LogP contribution in [-0.2, 0) is 28.5 Å². The van der Waals surface area contributed by atoms with Crippen molar-refractivity contribution < 1.29 is 43.5 Å². The average Bonchev–Trinajstić information content (AvgIpc) is 2.63. The number of hydrogen-bond acceptors (Lipinski definition) is 9. The number of rotatable bonds is 5. The molecule has 0 aliphatic carbocycles. The zero-order valence-electron chi connectivity index (χ0n) is 15.2. The highest BCUT2D eigenvalue weighted by molar-refractivity contribution is 5.89. The van der Waals surface area contributed by atoms with E-state index in [0.717, 1.165) is 6.92 Å². The van der Waals surface area contributed by atoms with Crippen LogP contribution in [-0.4, -0.2) is 66.3 Å². The highest BCUT2D eigenvalue weighted by Crippen LogP contribution is 2.34. The third-order valence-corrected chi connectivity index (χ3v) is 4.07. The van der Waals surface area contributed by atoms with Crippen LogP contribution >= 0.6 is 0 Å². The Labute approximate surface area is 155 Å². The summed E-state index contributed by atoms with van der Waals surface area (Å²) in [6, 6.07) is 6.16. The van der Waals surface area contributed by atoms with Gasteiger partial charge in [0.15, 0.2) is 6.10 Å². The largest absolute Gasteiger partial charge is 0.465 e. The van der Waals surface area contributed by atoms with Gasteiger partial charge in [0, 0.05) is 13.8 Å². The minimum absolute atomic E-state index is 0.235. The SMILES string of the molecule is COC(=O)c1cccc([C@H]2OC(COC(C)=O)[C@@H](OC(C)=O)[C@H](O)[C@@H]2O)c1. The van der Waals surface area contributed by atoms with Gasteiger partial charge in [-0.3, -0.25) is 9.59 Å². The molecule has 0 spiro atoms. The molecule has 1 saturated heterocycles. The number of aliphatic hydroxyl groups excluding tert-OH is 2. The van der Waals surface area contributed by atoms with E-state index in [1.807, 2.05) is 0 Å². The maximum absolute atomic E-state index is 11.7. The van der Waals surface area contributed by atoms with Gasteiger partial charge < -0.3 is 29.2 Å². The van der Waals surface area contributed by atoms with Crippen molar-refractivity contribution in [2.24, 2.45) is 0 Å². The molecule has 27 heavy (non-hydrogen) atoms. The van der Waals surface area contributed by atoms with Gasteiger partial charge in [-0.05, 0) is 17.7 Å². The minimum atomic E-state index is -1.49. The smallest absolute Gasteiger partial charge is 0.337 e. The average molecular weight is 382 g/mol. The lowest BCUT2D eigenvalue weighted by atomic mass is 9.90. The van der Waals surface area contributed by atoms with Gasteiger partial charge in [-0.2, -0.15) is 0 Å². The summed E-state index contributed by atoms with van der Waals surface area (Å²) in [6.45, 7) is 2.06. The standard InChI is InChI=1S/C18H22O9/c1-9(19)25-8-13-17(26-10(2)20)15(22)14(21)16(27-13)11-5-4-6-12(7-11)18(23)24-3/h4-7,13-17,21-22H,8H2,1-3H3/t13?,14-,15+,16+,17+/m0/s1. The number of carbonyl (C=O) groups is 3. The second-order valence-electron chi connectivity index (χ2n) is 6.07. The highest BCUT2D eigenvalue weighted by Gasteiger charge is 2.47. The van der Waals surface area contributed by atoms with Gasteiger partial charge in [0.05, 0.1) is 12.7 Å². The first-order valence-corrected chi connectivity index (χ1v) is 8.25. The number of ether oxygens (including phenoxy) is 4. The molecule has 0 bridgehead atoms. The number of methoxy groups -OCH3 is 1. The summed E-state index contributed by atoms with van der Waals surface area (Å²) in [5.74, 6) is -1.84. The third kappa shape index (κ3) is 5.03. The Hall–Kier alpha value is -2.49. The first-order valence-electron chi connectivity index (χ1n) is 8.25. The predicted octanol–water partition coefficient (Wildman–Crippen LogP) is 0.130. The topological polar surface area (TPSA) is 129 Å². The molecule has 0 saturated carbocycles. The maximum atomic E-state index is 11.7. The first-order chi connectivity index (χ1) is 12.7. The molecule has 5 atom stereocenters. The highest BCUT2D eigenvalue weighted by atomic mass is 16.6. The van der Waals surface area contributed by atoms with Crippen LogP contribution in [0.2, 0.25) is 0 Å². The monoisotopic (exact) mass is 382 g/mol. The van der Waals surface area contributed by atoms with Gasteiger partial charge >= 0.3 is 17.9 Å². The quantitative estimate of drug-likeness (QED) is 0.539. The van der Waals surface area contributed by atoms with Crippen molar-refractivity contribution in [1.82, 2.24) is 0 Å². The summed E-state index contributed by atoms with van der Waals surface area (Å²) < 4.78 is 20.4. The fourth-order valence-electron chi connectivity index (χ4n) is 2.85. The Bertz CT molecular complexity index is 702. The van der Waals surface area contributed by atoms with Gasteiger partial charge in [0.1, 0.15) is 31.0 Å². The molecule has 2 N–H and O–H groups in total. The number of benzene rings is 1. The van der Waals surface area contributed by atoms with Crippen LogP contribution < -0.4 is 0 Å². The van der Waals surface area contributed by atoms with E-state index < -0.39 is 48.4 Å². The number of hydrogen-bond donors (Lipinski definition) is 2. The van der Waals surface area contributed by atoms with Crippen LogP contribution in [0.25, 0.3) is 0 Å². The molecule has 1 aliphatic heterocycles. The van der Waals surface area contributed by atoms with E-state index in [9.17, 15) is 24.6 Å². The molecule has 0 radical (unpaired) electrons. The summed E-state index contributed by atoms with van der Waals surface area (Å²) >= 11 is 0. The molecule has 1 heterocycles. The van der Waals surface area contributed by atoms with Gasteiger partial charge in [0.2, 0.25) is 0 Å². The van der Waals surface area contributed by atoms with Crippen molar-refractivity contribution >= 4 is 17.9 Å². The van der Waals surface area contributed by atoms with E-state index >= 15 is 0 Å². The van der Waals surface area contributed by atoms with Crippen LogP contribution in [0, 0.1) is 0 Å². The van der Waals surface area contributed by atoms with E-state index in [-0.39, 0.29) is 12.2 Å². The van der Waals surface area contributed by atoms with Gasteiger partial charge in [0.25, 0.3) is 0 Å². The van der Waals surface area contributed by atoms with E-state index in [1.165, 1.54) is 26.2 Å². The summed E-state index contributed by atoms with van der Waals surface area (Å²) in [5.41, 5.74) is 0.637. The summed E-state index contributed by atoms with van der Waals surface area (Å²) in [7, 11) is 1.24. The van der Waals surface area contributed by atoms with Crippen molar-refractivity contribution in [3.8, 4) is 0 Å². The lowest BCUT2D eigenvalue weighted by molar-refractivity contribution is -0.242. The molecule has 1 fully saturated rings. The lowest BCUT2D eigenvalue weighted by Crippen LogP contribution is -2.57. The molecule has 0 amide bonds. The van der Waals surface area contributed by atoms with Crippen LogP contribution in [0.3, 0.4) is 0 Å². The van der Waals surface area contributed by atoms with Crippen LogP contribution in [0.1, 0.15) is 35.9 Å². The molecular formula is C18H22O9. The minimum Gasteiger partial charge on any atom is -0.465 e. The van der Waals surface area contributed by atoms with E-state index in [2.05, 4.69) is 4.74 Å². The molecule has 1 aliphatic rings. The number of carbonyl (C=O) groups excluding carboxylic acids is 3. The summed E-state index contributed by atoms with van der Waals surface area (Å²) in [5, 5.41) is 20.9. The molecular weight excluding hydrogens is 360 g/mol. The Morgan fingerprint density at radius 1 is 1.11 bits per heavy atom. The van der Waals surface area contributed by atoms with Gasteiger partial charge in [-0.1, -0.05) is 12.1 Å². The fourth-order valence-corrected chi connectivity index (χ4v) is 2.85. The van der Waals surface area contributed by atoms with Crippen LogP contribution in [0.5, 0.6) is 0 Å². The second-order valence-corrected chi connectivity index (χ2v) is 6.07. The maximum Gasteiger partial charge on any atom is 0.337 e. The first kappa shape index (κ1) is 20.8. The molecule has 2 rings (SSSR count). The number of esters is 3. The molecule has 1 aromatic carbocycles. The third-order valence-electron chi connectivity index (χ3n) is 4.07. The Balaban J connectivity index is 2.31. The molecule has 9 heteroatoms. The van der Waals surface area contributed by atoms with Crippen molar-refractivity contribution in [1.29, 1.82) is 0 Å². The second kappa shape index (κ2) is 8.94. The van der Waals surface area contributed by atoms with Crippen molar-refractivity contribution in [3.63, 3.8) is 0 Å². The zero-order chi connectivity index (χ0) is 20.1. The lowest BCUT2D eigenvalue weighted by Gasteiger charge is -2.42. The zero-order valence-corrected chi connectivity index (χ0v) is 15.2. The molecule has 0 aromatic heterocycles. The molecule has 1 unspecified atom stereocenters. The van der Waals surface area contributed by atoms with E-state index in [1.54, 1.807) is 12.1 Å². The van der Waals surface area contributed by atoms with Gasteiger partial charge in [-0.25, -0.2) is 4.79 Å². The van der Waals surface area contributed by atoms with Crippen molar-refractivity contribution in [2.45, 2.75) is 44.4 Å². The van der Waals surface area contributed by atoms with Gasteiger partial charge in [-0.15, -0.1) is 0 Å². The molecule has 148 valence electrons. The van der Waals surface area contributed by atoms with Crippen LogP contribution in [0.15, 0.2) is 24.3 Å². The van der Waals surface area contributed by atoms with Crippen LogP contribution in [0.4, 0.5) is 0 Å². The van der Waals surface area contributed by atoms with E-state index in [0.29, 0.717) is 5.56 Å². The summed E-state index contributed by atoms with van der Waals surface area (Å²) in [6.07, 6.45) is -6.22. The predicted molar refractivity (Wildman–Crippen MR) is 89.6 cm³/mol. The molecule has 9 nitrogen and oxygen atoms in total. The summed E-state index contributed by atoms with van der Waals surface area (Å²) in [4.78, 5) is 34.2. The normalized spacial score (nSPS) is 27.5. The van der Waals surface area contributed by atoms with Crippen molar-refractivity contribution in [2.75, 3.05) is 13.7 Å². The molecule has 1 aromatic rings. The number of aliphatic hydroxyl groups is 2. The van der Waals surface area contributed by atoms with Crippen molar-refractivity contribution in [3.05, 3.63) is 35.4 Å². The fraction of sp³-hybridized carbons (Fsp3) is 0.500. The Kier molecular flexibility index (Phi) is 6.89. The van der Waals surface area contributed by atoms with E-state index in [4.69, 9.17) is 14.2 Å².